The molecule has 12 rings (SSSR count). The first-order valence-corrected chi connectivity index (χ1v) is 19.3. The molecule has 0 aliphatic heterocycles. The van der Waals surface area contributed by atoms with E-state index in [2.05, 4.69) is 215 Å². The van der Waals surface area contributed by atoms with E-state index in [9.17, 15) is 0 Å². The third kappa shape index (κ3) is 4.57. The number of benzene rings is 10. The Labute approximate surface area is 323 Å². The van der Waals surface area contributed by atoms with E-state index in [0.717, 1.165) is 5.69 Å². The highest BCUT2D eigenvalue weighted by Gasteiger charge is 2.17. The maximum absolute atomic E-state index is 2.43. The van der Waals surface area contributed by atoms with Gasteiger partial charge in [-0.25, -0.2) is 0 Å². The molecule has 12 aromatic rings. The van der Waals surface area contributed by atoms with Crippen LogP contribution in [-0.4, -0.2) is 9.13 Å². The summed E-state index contributed by atoms with van der Waals surface area (Å²) in [5.74, 6) is 0. The summed E-state index contributed by atoms with van der Waals surface area (Å²) in [7, 11) is 0. The third-order valence-corrected chi connectivity index (χ3v) is 11.9. The van der Waals surface area contributed by atoms with Crippen LogP contribution in [0.5, 0.6) is 0 Å². The van der Waals surface area contributed by atoms with Crippen LogP contribution in [0, 0.1) is 0 Å². The van der Waals surface area contributed by atoms with E-state index < -0.39 is 0 Å². The molecule has 0 saturated carbocycles. The lowest BCUT2D eigenvalue weighted by Crippen LogP contribution is -1.93. The maximum atomic E-state index is 2.43. The molecule has 2 heteroatoms. The topological polar surface area (TPSA) is 9.86 Å². The van der Waals surface area contributed by atoms with Crippen LogP contribution >= 0.6 is 0 Å². The van der Waals surface area contributed by atoms with Crippen LogP contribution in [0.25, 0.3) is 110 Å². The number of rotatable bonds is 4. The van der Waals surface area contributed by atoms with Gasteiger partial charge in [0, 0.05) is 32.9 Å². The van der Waals surface area contributed by atoms with Crippen molar-refractivity contribution in [1.82, 2.24) is 9.13 Å². The Morgan fingerprint density at radius 1 is 0.196 bits per heavy atom. The van der Waals surface area contributed by atoms with E-state index in [1.54, 1.807) is 0 Å². The first-order valence-electron chi connectivity index (χ1n) is 19.3. The largest absolute Gasteiger partial charge is 0.309 e. The molecule has 56 heavy (non-hydrogen) atoms. The summed E-state index contributed by atoms with van der Waals surface area (Å²) in [5, 5.41) is 12.8. The molecule has 0 radical (unpaired) electrons. The van der Waals surface area contributed by atoms with Gasteiger partial charge >= 0.3 is 0 Å². The average Bonchev–Trinajstić information content (AvgIpc) is 3.78. The highest BCUT2D eigenvalue weighted by Crippen LogP contribution is 2.41. The first kappa shape index (κ1) is 31.0. The molecule has 0 bridgehead atoms. The monoisotopic (exact) mass is 710 g/mol. The molecule has 0 fully saturated rings. The minimum absolute atomic E-state index is 1.16. The highest BCUT2D eigenvalue weighted by molar-refractivity contribution is 6.26. The predicted molar refractivity (Wildman–Crippen MR) is 239 cm³/mol. The van der Waals surface area contributed by atoms with Crippen LogP contribution in [0.2, 0.25) is 0 Å². The molecule has 0 aliphatic carbocycles. The molecule has 2 heterocycles. The standard InChI is InChI=1S/C54H34N2/c1-3-13-39(14-4-1)55-51-22-12-11-21-46(51)49-32-36(25-29-52(49)55)37-26-30-53-50(33-37)47-28-24-38(34-54(47)56(53)40-15-5-2-6-16-40)35-23-27-45-43-19-8-7-17-41(43)42-18-9-10-20-44(42)48(45)31-35/h1-34H. The van der Waals surface area contributed by atoms with Crippen molar-refractivity contribution in [3.63, 3.8) is 0 Å². The Hall–Kier alpha value is -7.42. The number of hydrogen-bond donors (Lipinski definition) is 0. The van der Waals surface area contributed by atoms with E-state index in [1.165, 1.54) is 104 Å². The second-order valence-electron chi connectivity index (χ2n) is 14.9. The van der Waals surface area contributed by atoms with Crippen molar-refractivity contribution in [1.29, 1.82) is 0 Å². The Morgan fingerprint density at radius 2 is 0.536 bits per heavy atom. The smallest absolute Gasteiger partial charge is 0.0547 e. The molecule has 0 saturated heterocycles. The van der Waals surface area contributed by atoms with Crippen molar-refractivity contribution in [2.45, 2.75) is 0 Å². The Morgan fingerprint density at radius 3 is 1.09 bits per heavy atom. The van der Waals surface area contributed by atoms with Crippen LogP contribution in [0.4, 0.5) is 0 Å². The molecule has 0 N–H and O–H groups in total. The number of nitrogens with zero attached hydrogens (tertiary/aromatic N) is 2. The molecule has 260 valence electrons. The predicted octanol–water partition coefficient (Wildman–Crippen LogP) is 14.7. The fraction of sp³-hybridized carbons (Fsp3) is 0. The fourth-order valence-electron chi connectivity index (χ4n) is 9.33. The van der Waals surface area contributed by atoms with Crippen LogP contribution in [-0.2, 0) is 0 Å². The van der Waals surface area contributed by atoms with Crippen LogP contribution in [0.3, 0.4) is 0 Å². The molecule has 0 unspecified atom stereocenters. The highest BCUT2D eigenvalue weighted by atomic mass is 15.0. The summed E-state index contributed by atoms with van der Waals surface area (Å²) in [5.41, 5.74) is 12.0. The van der Waals surface area contributed by atoms with Gasteiger partial charge in [-0.05, 0) is 121 Å². The summed E-state index contributed by atoms with van der Waals surface area (Å²) in [4.78, 5) is 0. The summed E-state index contributed by atoms with van der Waals surface area (Å²) in [6.07, 6.45) is 0. The van der Waals surface area contributed by atoms with Crippen LogP contribution in [0.1, 0.15) is 0 Å². The summed E-state index contributed by atoms with van der Waals surface area (Å²) >= 11 is 0. The van der Waals surface area contributed by atoms with Crippen molar-refractivity contribution in [3.05, 3.63) is 206 Å². The Balaban J connectivity index is 1.05. The third-order valence-electron chi connectivity index (χ3n) is 11.9. The maximum Gasteiger partial charge on any atom is 0.0547 e. The van der Waals surface area contributed by atoms with Crippen LogP contribution in [0.15, 0.2) is 206 Å². The lowest BCUT2D eigenvalue weighted by molar-refractivity contribution is 1.18. The quantitative estimate of drug-likeness (QED) is 0.161. The van der Waals surface area contributed by atoms with Gasteiger partial charge in [-0.2, -0.15) is 0 Å². The fourth-order valence-corrected chi connectivity index (χ4v) is 9.33. The minimum Gasteiger partial charge on any atom is -0.309 e. The van der Waals surface area contributed by atoms with Gasteiger partial charge in [-0.1, -0.05) is 140 Å². The number of para-hydroxylation sites is 3. The van der Waals surface area contributed by atoms with E-state index >= 15 is 0 Å². The zero-order valence-electron chi connectivity index (χ0n) is 30.5. The molecule has 0 amide bonds. The second-order valence-corrected chi connectivity index (χ2v) is 14.9. The van der Waals surface area contributed by atoms with E-state index in [0.29, 0.717) is 0 Å². The van der Waals surface area contributed by atoms with Gasteiger partial charge in [0.25, 0.3) is 0 Å². The minimum atomic E-state index is 1.16. The van der Waals surface area contributed by atoms with Gasteiger partial charge in [0.05, 0.1) is 22.1 Å². The van der Waals surface area contributed by atoms with Gasteiger partial charge in [0.1, 0.15) is 0 Å². The Bertz CT molecular complexity index is 3480. The van der Waals surface area contributed by atoms with Crippen molar-refractivity contribution in [3.8, 4) is 33.6 Å². The van der Waals surface area contributed by atoms with Gasteiger partial charge in [-0.3, -0.25) is 0 Å². The van der Waals surface area contributed by atoms with Gasteiger partial charge in [-0.15, -0.1) is 0 Å². The molecular formula is C54H34N2. The molecule has 0 atom stereocenters. The van der Waals surface area contributed by atoms with Crippen LogP contribution < -0.4 is 0 Å². The van der Waals surface area contributed by atoms with Gasteiger partial charge in [0.15, 0.2) is 0 Å². The molecule has 2 aromatic heterocycles. The normalized spacial score (nSPS) is 11.9. The van der Waals surface area contributed by atoms with Crippen molar-refractivity contribution < 1.29 is 0 Å². The molecule has 10 aromatic carbocycles. The lowest BCUT2D eigenvalue weighted by atomic mass is 9.92. The Kier molecular flexibility index (Phi) is 6.66. The molecule has 2 nitrogen and oxygen atoms in total. The number of aromatic nitrogens is 2. The van der Waals surface area contributed by atoms with Crippen molar-refractivity contribution >= 4 is 75.9 Å². The zero-order valence-corrected chi connectivity index (χ0v) is 30.5. The molecule has 0 aliphatic rings. The van der Waals surface area contributed by atoms with E-state index in [-0.39, 0.29) is 0 Å². The number of fused-ring (bicyclic) bond motifs is 12. The van der Waals surface area contributed by atoms with E-state index in [1.807, 2.05) is 0 Å². The molecular weight excluding hydrogens is 677 g/mol. The summed E-state index contributed by atoms with van der Waals surface area (Å²) in [6, 6.07) is 75.8. The summed E-state index contributed by atoms with van der Waals surface area (Å²) in [6.45, 7) is 0. The van der Waals surface area contributed by atoms with Gasteiger partial charge < -0.3 is 9.13 Å². The number of hydrogen-bond acceptors (Lipinski definition) is 0. The van der Waals surface area contributed by atoms with E-state index in [4.69, 9.17) is 0 Å². The SMILES string of the molecule is c1ccc(-n2c3ccccc3c3cc(-c4ccc5c(c4)c4ccc(-c6ccc7c8ccccc8c8ccccc8c7c6)cc4n5-c4ccccc4)ccc32)cc1. The average molecular weight is 711 g/mol. The van der Waals surface area contributed by atoms with Crippen molar-refractivity contribution in [2.75, 3.05) is 0 Å². The first-order chi connectivity index (χ1) is 27.8. The van der Waals surface area contributed by atoms with Crippen molar-refractivity contribution in [2.24, 2.45) is 0 Å². The molecule has 0 spiro atoms. The second kappa shape index (κ2) is 12.0. The zero-order chi connectivity index (χ0) is 36.7. The lowest BCUT2D eigenvalue weighted by Gasteiger charge is -2.12. The van der Waals surface area contributed by atoms with Gasteiger partial charge in [0.2, 0.25) is 0 Å². The summed E-state index contributed by atoms with van der Waals surface area (Å²) < 4.78 is 4.81.